The average Bonchev–Trinajstić information content (AvgIpc) is 2.29. The maximum absolute atomic E-state index is 11.6. The van der Waals surface area contributed by atoms with Crippen molar-refractivity contribution in [1.29, 1.82) is 0 Å². The maximum Gasteiger partial charge on any atom is 0.152 e. The molecule has 0 aliphatic carbocycles. The van der Waals surface area contributed by atoms with Gasteiger partial charge in [0.15, 0.2) is 5.78 Å². The van der Waals surface area contributed by atoms with Gasteiger partial charge in [-0.05, 0) is 50.8 Å². The predicted molar refractivity (Wildman–Crippen MR) is 64.6 cm³/mol. The third kappa shape index (κ3) is 2.23. The van der Waals surface area contributed by atoms with Gasteiger partial charge in [-0.25, -0.2) is 4.98 Å². The molecular formula is C13H18N2O. The van der Waals surface area contributed by atoms with Gasteiger partial charge < -0.3 is 4.90 Å². The molecule has 1 fully saturated rings. The molecule has 0 aromatic carbocycles. The molecule has 0 radical (unpaired) electrons. The van der Waals surface area contributed by atoms with Crippen LogP contribution in [0.5, 0.6) is 0 Å². The molecule has 1 saturated heterocycles. The van der Waals surface area contributed by atoms with E-state index in [4.69, 9.17) is 0 Å². The van der Waals surface area contributed by atoms with Crippen LogP contribution in [0.3, 0.4) is 0 Å². The molecule has 0 bridgehead atoms. The van der Waals surface area contributed by atoms with E-state index in [0.717, 1.165) is 31.6 Å². The molecule has 2 heterocycles. The van der Waals surface area contributed by atoms with Gasteiger partial charge >= 0.3 is 0 Å². The Balaban J connectivity index is 2.26. The number of hydrogen-bond donors (Lipinski definition) is 0. The van der Waals surface area contributed by atoms with Crippen molar-refractivity contribution in [3.8, 4) is 0 Å². The Hall–Kier alpha value is -1.38. The molecule has 0 amide bonds. The van der Waals surface area contributed by atoms with Crippen molar-refractivity contribution in [3.05, 3.63) is 23.9 Å². The summed E-state index contributed by atoms with van der Waals surface area (Å²) >= 11 is 0. The van der Waals surface area contributed by atoms with Gasteiger partial charge in [-0.1, -0.05) is 0 Å². The summed E-state index contributed by atoms with van der Waals surface area (Å²) in [6, 6.07) is 4.07. The predicted octanol–water partition coefficient (Wildman–Crippen LogP) is 2.34. The zero-order valence-corrected chi connectivity index (χ0v) is 9.94. The molecule has 1 aliphatic heterocycles. The lowest BCUT2D eigenvalue weighted by Crippen LogP contribution is -2.44. The van der Waals surface area contributed by atoms with Crippen LogP contribution in [0.4, 0.5) is 5.82 Å². The Kier molecular flexibility index (Phi) is 3.22. The Labute approximate surface area is 96.5 Å². The molecule has 0 saturated carbocycles. The van der Waals surface area contributed by atoms with Crippen molar-refractivity contribution in [2.45, 2.75) is 39.2 Å². The van der Waals surface area contributed by atoms with E-state index in [0.29, 0.717) is 0 Å². The van der Waals surface area contributed by atoms with E-state index in [-0.39, 0.29) is 11.8 Å². The highest BCUT2D eigenvalue weighted by Gasteiger charge is 2.26. The second-order valence-corrected chi connectivity index (χ2v) is 4.51. The van der Waals surface area contributed by atoms with Gasteiger partial charge in [0, 0.05) is 12.7 Å². The third-order valence-electron chi connectivity index (χ3n) is 3.17. The minimum absolute atomic E-state index is 0.0306. The summed E-state index contributed by atoms with van der Waals surface area (Å²) in [5, 5.41) is 0. The van der Waals surface area contributed by atoms with Crippen molar-refractivity contribution >= 4 is 11.6 Å². The minimum atomic E-state index is 0.0306. The van der Waals surface area contributed by atoms with Gasteiger partial charge in [0.05, 0.1) is 6.04 Å². The van der Waals surface area contributed by atoms with E-state index < -0.39 is 0 Å². The van der Waals surface area contributed by atoms with E-state index in [1.165, 1.54) is 5.56 Å². The van der Waals surface area contributed by atoms with Crippen LogP contribution in [0.2, 0.25) is 0 Å². The number of aromatic nitrogens is 1. The quantitative estimate of drug-likeness (QED) is 0.764. The number of hydrogen-bond acceptors (Lipinski definition) is 3. The van der Waals surface area contributed by atoms with Crippen LogP contribution in [0.15, 0.2) is 18.3 Å². The molecule has 1 unspecified atom stereocenters. The molecule has 0 spiro atoms. The number of nitrogens with zero attached hydrogens (tertiary/aromatic N) is 2. The number of piperidine rings is 1. The number of carbonyl (C=O) groups excluding carboxylic acids is 1. The second kappa shape index (κ2) is 4.64. The van der Waals surface area contributed by atoms with Gasteiger partial charge in [-0.15, -0.1) is 0 Å². The van der Waals surface area contributed by atoms with Crippen LogP contribution in [0, 0.1) is 6.92 Å². The second-order valence-electron chi connectivity index (χ2n) is 4.51. The van der Waals surface area contributed by atoms with Gasteiger partial charge in [0.1, 0.15) is 5.82 Å². The first-order chi connectivity index (χ1) is 7.68. The van der Waals surface area contributed by atoms with Gasteiger partial charge in [-0.3, -0.25) is 4.79 Å². The zero-order chi connectivity index (χ0) is 11.5. The summed E-state index contributed by atoms with van der Waals surface area (Å²) in [6.45, 7) is 4.68. The number of Topliss-reactive ketones (excluding diaryl/α,β-unsaturated/α-hetero) is 1. The number of pyridine rings is 1. The number of rotatable bonds is 2. The lowest BCUT2D eigenvalue weighted by Gasteiger charge is -2.35. The molecule has 86 valence electrons. The van der Waals surface area contributed by atoms with E-state index in [1.54, 1.807) is 6.92 Å². The molecule has 1 aromatic rings. The number of anilines is 1. The third-order valence-corrected chi connectivity index (χ3v) is 3.17. The molecule has 1 atom stereocenters. The molecule has 3 heteroatoms. The Morgan fingerprint density at radius 3 is 3.00 bits per heavy atom. The molecule has 3 nitrogen and oxygen atoms in total. The summed E-state index contributed by atoms with van der Waals surface area (Å²) in [7, 11) is 0. The molecule has 1 aromatic heterocycles. The summed E-state index contributed by atoms with van der Waals surface area (Å²) < 4.78 is 0. The monoisotopic (exact) mass is 218 g/mol. The highest BCUT2D eigenvalue weighted by atomic mass is 16.1. The average molecular weight is 218 g/mol. The van der Waals surface area contributed by atoms with Crippen molar-refractivity contribution in [2.75, 3.05) is 11.4 Å². The van der Waals surface area contributed by atoms with Crippen LogP contribution in [0.25, 0.3) is 0 Å². The largest absolute Gasteiger partial charge is 0.347 e. The normalized spacial score (nSPS) is 20.9. The smallest absolute Gasteiger partial charge is 0.152 e. The van der Waals surface area contributed by atoms with Crippen LogP contribution >= 0.6 is 0 Å². The highest BCUT2D eigenvalue weighted by Crippen LogP contribution is 2.23. The standard InChI is InChI=1S/C13H18N2O/c1-10-6-7-14-13(9-10)15-8-4-3-5-12(15)11(2)16/h6-7,9,12H,3-5,8H2,1-2H3. The molecule has 1 aliphatic rings. The summed E-state index contributed by atoms with van der Waals surface area (Å²) in [5.41, 5.74) is 1.19. The van der Waals surface area contributed by atoms with Crippen LogP contribution in [-0.4, -0.2) is 23.4 Å². The Morgan fingerprint density at radius 2 is 2.31 bits per heavy atom. The van der Waals surface area contributed by atoms with Crippen LogP contribution in [0.1, 0.15) is 31.7 Å². The van der Waals surface area contributed by atoms with E-state index in [9.17, 15) is 4.79 Å². The van der Waals surface area contributed by atoms with Crippen LogP contribution < -0.4 is 4.90 Å². The van der Waals surface area contributed by atoms with E-state index >= 15 is 0 Å². The summed E-state index contributed by atoms with van der Waals surface area (Å²) in [4.78, 5) is 18.1. The van der Waals surface area contributed by atoms with E-state index in [2.05, 4.69) is 22.9 Å². The number of carbonyl (C=O) groups is 1. The lowest BCUT2D eigenvalue weighted by molar-refractivity contribution is -0.118. The molecule has 2 rings (SSSR count). The van der Waals surface area contributed by atoms with Crippen molar-refractivity contribution in [2.24, 2.45) is 0 Å². The Bertz CT molecular complexity index is 389. The minimum Gasteiger partial charge on any atom is -0.347 e. The first-order valence-corrected chi connectivity index (χ1v) is 5.88. The Morgan fingerprint density at radius 1 is 1.50 bits per heavy atom. The lowest BCUT2D eigenvalue weighted by atomic mass is 9.99. The molecule has 16 heavy (non-hydrogen) atoms. The number of ketones is 1. The van der Waals surface area contributed by atoms with Crippen molar-refractivity contribution < 1.29 is 4.79 Å². The van der Waals surface area contributed by atoms with Gasteiger partial charge in [0.2, 0.25) is 0 Å². The number of aryl methyl sites for hydroxylation is 1. The fourth-order valence-electron chi connectivity index (χ4n) is 2.31. The van der Waals surface area contributed by atoms with Crippen molar-refractivity contribution in [3.63, 3.8) is 0 Å². The maximum atomic E-state index is 11.6. The zero-order valence-electron chi connectivity index (χ0n) is 9.94. The first kappa shape index (κ1) is 11.1. The van der Waals surface area contributed by atoms with Gasteiger partial charge in [-0.2, -0.15) is 0 Å². The summed E-state index contributed by atoms with van der Waals surface area (Å²) in [5.74, 6) is 1.20. The highest BCUT2D eigenvalue weighted by molar-refractivity contribution is 5.84. The fraction of sp³-hybridized carbons (Fsp3) is 0.538. The van der Waals surface area contributed by atoms with Gasteiger partial charge in [0.25, 0.3) is 0 Å². The molecular weight excluding hydrogens is 200 g/mol. The fourth-order valence-corrected chi connectivity index (χ4v) is 2.31. The van der Waals surface area contributed by atoms with Crippen LogP contribution in [-0.2, 0) is 4.79 Å². The molecule has 0 N–H and O–H groups in total. The first-order valence-electron chi connectivity index (χ1n) is 5.88. The summed E-state index contributed by atoms with van der Waals surface area (Å²) in [6.07, 6.45) is 5.08. The topological polar surface area (TPSA) is 33.2 Å². The van der Waals surface area contributed by atoms with Crippen molar-refractivity contribution in [1.82, 2.24) is 4.98 Å². The SMILES string of the molecule is CC(=O)C1CCCCN1c1cc(C)ccn1. The van der Waals surface area contributed by atoms with E-state index in [1.807, 2.05) is 12.3 Å².